The number of methoxy groups -OCH3 is 2. The van der Waals surface area contributed by atoms with Crippen LogP contribution in [0.2, 0.25) is 0 Å². The lowest BCUT2D eigenvalue weighted by atomic mass is 9.95. The van der Waals surface area contributed by atoms with Crippen LogP contribution in [-0.2, 0) is 4.79 Å². The lowest BCUT2D eigenvalue weighted by Crippen LogP contribution is -2.33. The van der Waals surface area contributed by atoms with Crippen molar-refractivity contribution in [2.75, 3.05) is 27.4 Å². The quantitative estimate of drug-likeness (QED) is 0.604. The van der Waals surface area contributed by atoms with E-state index in [9.17, 15) is 4.79 Å². The molecule has 2 aromatic carbocycles. The highest BCUT2D eigenvalue weighted by molar-refractivity contribution is 5.77. The number of nitrogens with zero attached hydrogens (tertiary/aromatic N) is 1. The van der Waals surface area contributed by atoms with Gasteiger partial charge in [-0.2, -0.15) is 0 Å². The molecule has 1 N–H and O–H groups in total. The van der Waals surface area contributed by atoms with Crippen LogP contribution < -0.4 is 19.5 Å². The number of hydrogen-bond donors (Lipinski definition) is 1. The SMILES string of the molecule is COc1ccc(C(CNC(=O)COc2ccccc2OC)c2ccccn2)cc1. The van der Waals surface area contributed by atoms with Crippen molar-refractivity contribution in [1.82, 2.24) is 10.3 Å². The van der Waals surface area contributed by atoms with E-state index in [2.05, 4.69) is 10.3 Å². The molecule has 0 saturated heterocycles. The number of ether oxygens (including phenoxy) is 3. The highest BCUT2D eigenvalue weighted by Gasteiger charge is 2.17. The second-order valence-electron chi connectivity index (χ2n) is 6.32. The fraction of sp³-hybridized carbons (Fsp3) is 0.217. The average molecular weight is 392 g/mol. The molecule has 3 aromatic rings. The number of nitrogens with one attached hydrogen (secondary N) is 1. The van der Waals surface area contributed by atoms with Crippen LogP contribution in [0.15, 0.2) is 72.9 Å². The minimum absolute atomic E-state index is 0.0858. The summed E-state index contributed by atoms with van der Waals surface area (Å²) in [5.41, 5.74) is 1.92. The number of aromatic nitrogens is 1. The number of benzene rings is 2. The zero-order valence-corrected chi connectivity index (χ0v) is 16.5. The summed E-state index contributed by atoms with van der Waals surface area (Å²) in [6, 6.07) is 20.7. The van der Waals surface area contributed by atoms with Crippen LogP contribution >= 0.6 is 0 Å². The van der Waals surface area contributed by atoms with Crippen LogP contribution in [-0.4, -0.2) is 38.3 Å². The summed E-state index contributed by atoms with van der Waals surface area (Å²) in [5, 5.41) is 2.94. The standard InChI is InChI=1S/C23H24N2O4/c1-27-18-12-10-17(11-13-18)19(20-7-5-6-14-24-20)15-25-23(26)16-29-22-9-4-3-8-21(22)28-2/h3-14,19H,15-16H2,1-2H3,(H,25,26). The number of hydrogen-bond acceptors (Lipinski definition) is 5. The molecule has 0 fully saturated rings. The van der Waals surface area contributed by atoms with Crippen molar-refractivity contribution in [2.45, 2.75) is 5.92 Å². The van der Waals surface area contributed by atoms with E-state index in [-0.39, 0.29) is 18.4 Å². The van der Waals surface area contributed by atoms with E-state index in [1.54, 1.807) is 32.5 Å². The summed E-state index contributed by atoms with van der Waals surface area (Å²) >= 11 is 0. The molecule has 0 saturated carbocycles. The summed E-state index contributed by atoms with van der Waals surface area (Å²) in [4.78, 5) is 16.8. The Morgan fingerprint density at radius 1 is 0.931 bits per heavy atom. The molecule has 29 heavy (non-hydrogen) atoms. The van der Waals surface area contributed by atoms with Crippen molar-refractivity contribution >= 4 is 5.91 Å². The Balaban J connectivity index is 1.65. The molecule has 3 rings (SSSR count). The van der Waals surface area contributed by atoms with Crippen LogP contribution in [0.1, 0.15) is 17.2 Å². The lowest BCUT2D eigenvalue weighted by Gasteiger charge is -2.18. The maximum atomic E-state index is 12.4. The van der Waals surface area contributed by atoms with Gasteiger partial charge in [0.1, 0.15) is 5.75 Å². The second kappa shape index (κ2) is 10.1. The molecule has 0 aliphatic carbocycles. The first kappa shape index (κ1) is 20.2. The highest BCUT2D eigenvalue weighted by atomic mass is 16.5. The van der Waals surface area contributed by atoms with Gasteiger partial charge in [-0.05, 0) is 42.0 Å². The molecule has 0 spiro atoms. The normalized spacial score (nSPS) is 11.4. The van der Waals surface area contributed by atoms with Crippen molar-refractivity contribution in [3.05, 3.63) is 84.2 Å². The minimum atomic E-state index is -0.217. The molecule has 6 nitrogen and oxygen atoms in total. The molecular formula is C23H24N2O4. The van der Waals surface area contributed by atoms with Gasteiger partial charge in [-0.3, -0.25) is 9.78 Å². The summed E-state index contributed by atoms with van der Waals surface area (Å²) in [6.07, 6.45) is 1.75. The van der Waals surface area contributed by atoms with Crippen LogP contribution in [0.4, 0.5) is 0 Å². The maximum absolute atomic E-state index is 12.4. The predicted molar refractivity (Wildman–Crippen MR) is 111 cm³/mol. The molecule has 0 bridgehead atoms. The van der Waals surface area contributed by atoms with Gasteiger partial charge in [0, 0.05) is 24.4 Å². The molecule has 150 valence electrons. The lowest BCUT2D eigenvalue weighted by molar-refractivity contribution is -0.123. The third kappa shape index (κ3) is 5.48. The maximum Gasteiger partial charge on any atom is 0.257 e. The van der Waals surface area contributed by atoms with E-state index >= 15 is 0 Å². The number of para-hydroxylation sites is 2. The third-order valence-corrected chi connectivity index (χ3v) is 4.49. The van der Waals surface area contributed by atoms with Gasteiger partial charge < -0.3 is 19.5 Å². The smallest absolute Gasteiger partial charge is 0.257 e. The summed E-state index contributed by atoms with van der Waals surface area (Å²) in [6.45, 7) is 0.301. The van der Waals surface area contributed by atoms with Gasteiger partial charge >= 0.3 is 0 Å². The first-order valence-corrected chi connectivity index (χ1v) is 9.28. The van der Waals surface area contributed by atoms with Crippen molar-refractivity contribution in [2.24, 2.45) is 0 Å². The van der Waals surface area contributed by atoms with Gasteiger partial charge in [0.05, 0.1) is 14.2 Å². The highest BCUT2D eigenvalue weighted by Crippen LogP contribution is 2.26. The van der Waals surface area contributed by atoms with Crippen LogP contribution in [0.25, 0.3) is 0 Å². The van der Waals surface area contributed by atoms with Gasteiger partial charge in [-0.1, -0.05) is 30.3 Å². The Morgan fingerprint density at radius 3 is 2.31 bits per heavy atom. The number of amides is 1. The van der Waals surface area contributed by atoms with E-state index in [4.69, 9.17) is 14.2 Å². The van der Waals surface area contributed by atoms with Crippen LogP contribution in [0, 0.1) is 0 Å². The van der Waals surface area contributed by atoms with Gasteiger partial charge in [0.15, 0.2) is 18.1 Å². The van der Waals surface area contributed by atoms with E-state index in [0.29, 0.717) is 18.0 Å². The average Bonchev–Trinajstić information content (AvgIpc) is 2.79. The molecule has 1 heterocycles. The van der Waals surface area contributed by atoms with E-state index < -0.39 is 0 Å². The Hall–Kier alpha value is -3.54. The van der Waals surface area contributed by atoms with Crippen molar-refractivity contribution in [3.63, 3.8) is 0 Å². The molecule has 1 unspecified atom stereocenters. The van der Waals surface area contributed by atoms with E-state index in [1.165, 1.54) is 0 Å². The van der Waals surface area contributed by atoms with Gasteiger partial charge in [0.25, 0.3) is 5.91 Å². The van der Waals surface area contributed by atoms with Crippen molar-refractivity contribution in [3.8, 4) is 17.2 Å². The predicted octanol–water partition coefficient (Wildman–Crippen LogP) is 3.43. The summed E-state index contributed by atoms with van der Waals surface area (Å²) in [7, 11) is 3.20. The first-order valence-electron chi connectivity index (χ1n) is 9.28. The van der Waals surface area contributed by atoms with E-state index in [0.717, 1.165) is 17.0 Å². The number of carbonyl (C=O) groups excluding carboxylic acids is 1. The molecular weight excluding hydrogens is 368 g/mol. The number of carbonyl (C=O) groups is 1. The zero-order chi connectivity index (χ0) is 20.5. The fourth-order valence-corrected chi connectivity index (χ4v) is 2.96. The number of pyridine rings is 1. The monoisotopic (exact) mass is 392 g/mol. The first-order chi connectivity index (χ1) is 14.2. The Bertz CT molecular complexity index is 914. The van der Waals surface area contributed by atoms with Crippen LogP contribution in [0.3, 0.4) is 0 Å². The Labute approximate surface area is 170 Å². The Morgan fingerprint density at radius 2 is 1.66 bits per heavy atom. The molecule has 1 amide bonds. The van der Waals surface area contributed by atoms with E-state index in [1.807, 2.05) is 54.6 Å². The molecule has 0 aliphatic heterocycles. The molecule has 0 radical (unpaired) electrons. The Kier molecular flexibility index (Phi) is 7.05. The van der Waals surface area contributed by atoms with Crippen LogP contribution in [0.5, 0.6) is 17.2 Å². The minimum Gasteiger partial charge on any atom is -0.497 e. The second-order valence-corrected chi connectivity index (χ2v) is 6.32. The molecule has 6 heteroatoms. The van der Waals surface area contributed by atoms with Crippen molar-refractivity contribution in [1.29, 1.82) is 0 Å². The largest absolute Gasteiger partial charge is 0.497 e. The zero-order valence-electron chi connectivity index (χ0n) is 16.5. The van der Waals surface area contributed by atoms with Gasteiger partial charge in [0.2, 0.25) is 0 Å². The van der Waals surface area contributed by atoms with Gasteiger partial charge in [-0.15, -0.1) is 0 Å². The summed E-state index contributed by atoms with van der Waals surface area (Å²) < 4.78 is 16.1. The molecule has 0 aliphatic rings. The van der Waals surface area contributed by atoms with Gasteiger partial charge in [-0.25, -0.2) is 0 Å². The number of rotatable bonds is 9. The summed E-state index contributed by atoms with van der Waals surface area (Å²) in [5.74, 6) is 1.59. The third-order valence-electron chi connectivity index (χ3n) is 4.49. The van der Waals surface area contributed by atoms with Crippen molar-refractivity contribution < 1.29 is 19.0 Å². The molecule has 1 atom stereocenters. The topological polar surface area (TPSA) is 69.7 Å². The fourth-order valence-electron chi connectivity index (χ4n) is 2.96. The molecule has 1 aromatic heterocycles.